The summed E-state index contributed by atoms with van der Waals surface area (Å²) in [7, 11) is 0. The van der Waals surface area contributed by atoms with Gasteiger partial charge in [-0.3, -0.25) is 0 Å². The molecule has 0 amide bonds. The molecule has 0 saturated heterocycles. The third-order valence-corrected chi connectivity index (χ3v) is 3.47. The molecular weight excluding hydrogens is 303 g/mol. The second-order valence-electron chi connectivity index (χ2n) is 3.99. The standard InChI is InChI=1S/C12H16BrFN2S/c1-3-4-7(2)16-9-6-5-8(12(15)17)10(13)11(9)14/h5-7,16H,3-4H2,1-2H3,(H2,15,17). The number of benzene rings is 1. The van der Waals surface area contributed by atoms with E-state index in [1.54, 1.807) is 12.1 Å². The lowest BCUT2D eigenvalue weighted by molar-refractivity contribution is 0.614. The van der Waals surface area contributed by atoms with E-state index in [1.165, 1.54) is 0 Å². The van der Waals surface area contributed by atoms with Gasteiger partial charge in [0.2, 0.25) is 0 Å². The molecule has 1 atom stereocenters. The Bertz CT molecular complexity index is 423. The van der Waals surface area contributed by atoms with Crippen molar-refractivity contribution in [2.45, 2.75) is 32.7 Å². The van der Waals surface area contributed by atoms with Gasteiger partial charge in [-0.1, -0.05) is 25.6 Å². The first kappa shape index (κ1) is 14.4. The second kappa shape index (κ2) is 6.31. The molecule has 0 bridgehead atoms. The highest BCUT2D eigenvalue weighted by molar-refractivity contribution is 9.10. The van der Waals surface area contributed by atoms with Crippen LogP contribution in [0.3, 0.4) is 0 Å². The molecule has 0 aromatic heterocycles. The highest BCUT2D eigenvalue weighted by atomic mass is 79.9. The lowest BCUT2D eigenvalue weighted by atomic mass is 10.1. The molecule has 1 rings (SSSR count). The molecule has 1 unspecified atom stereocenters. The fourth-order valence-electron chi connectivity index (χ4n) is 1.62. The van der Waals surface area contributed by atoms with Crippen LogP contribution >= 0.6 is 28.1 Å². The van der Waals surface area contributed by atoms with Crippen LogP contribution in [0.2, 0.25) is 0 Å². The van der Waals surface area contributed by atoms with E-state index in [4.69, 9.17) is 18.0 Å². The fourth-order valence-corrected chi connectivity index (χ4v) is 2.48. The highest BCUT2D eigenvalue weighted by Crippen LogP contribution is 2.27. The zero-order valence-corrected chi connectivity index (χ0v) is 12.3. The topological polar surface area (TPSA) is 38.0 Å². The summed E-state index contributed by atoms with van der Waals surface area (Å²) in [5.41, 5.74) is 6.49. The molecule has 0 spiro atoms. The van der Waals surface area contributed by atoms with Gasteiger partial charge in [0.25, 0.3) is 0 Å². The average Bonchev–Trinajstić information content (AvgIpc) is 2.25. The van der Waals surface area contributed by atoms with Crippen LogP contribution in [0.25, 0.3) is 0 Å². The van der Waals surface area contributed by atoms with Crippen molar-refractivity contribution in [3.63, 3.8) is 0 Å². The average molecular weight is 319 g/mol. The van der Waals surface area contributed by atoms with Gasteiger partial charge in [-0.2, -0.15) is 0 Å². The van der Waals surface area contributed by atoms with Crippen molar-refractivity contribution in [3.05, 3.63) is 28.0 Å². The van der Waals surface area contributed by atoms with Crippen molar-refractivity contribution in [1.29, 1.82) is 0 Å². The first-order valence-corrected chi connectivity index (χ1v) is 6.71. The molecule has 0 radical (unpaired) electrons. The summed E-state index contributed by atoms with van der Waals surface area (Å²) >= 11 is 8.02. The Morgan fingerprint density at radius 3 is 2.76 bits per heavy atom. The van der Waals surface area contributed by atoms with Crippen LogP contribution in [-0.2, 0) is 0 Å². The quantitative estimate of drug-likeness (QED) is 0.810. The normalized spacial score (nSPS) is 12.2. The molecule has 2 nitrogen and oxygen atoms in total. The van der Waals surface area contributed by atoms with Crippen LogP contribution in [0.15, 0.2) is 16.6 Å². The predicted octanol–water partition coefficient (Wildman–Crippen LogP) is 3.82. The molecule has 0 heterocycles. The van der Waals surface area contributed by atoms with Crippen LogP contribution in [0.4, 0.5) is 10.1 Å². The molecule has 0 aliphatic rings. The minimum atomic E-state index is -0.349. The molecule has 1 aromatic carbocycles. The molecule has 0 saturated carbocycles. The Balaban J connectivity index is 2.96. The molecule has 0 aliphatic carbocycles. The maximum absolute atomic E-state index is 14.0. The van der Waals surface area contributed by atoms with Crippen molar-refractivity contribution in [2.75, 3.05) is 5.32 Å². The lowest BCUT2D eigenvalue weighted by Gasteiger charge is -2.16. The number of hydrogen-bond acceptors (Lipinski definition) is 2. The summed E-state index contributed by atoms with van der Waals surface area (Å²) in [6.45, 7) is 4.12. The van der Waals surface area contributed by atoms with Crippen molar-refractivity contribution in [1.82, 2.24) is 0 Å². The third kappa shape index (κ3) is 3.64. The number of anilines is 1. The predicted molar refractivity (Wildman–Crippen MR) is 78.0 cm³/mol. The van der Waals surface area contributed by atoms with Crippen molar-refractivity contribution in [3.8, 4) is 0 Å². The molecule has 5 heteroatoms. The van der Waals surface area contributed by atoms with E-state index in [-0.39, 0.29) is 16.8 Å². The summed E-state index contributed by atoms with van der Waals surface area (Å²) in [6.07, 6.45) is 2.05. The maximum atomic E-state index is 14.0. The first-order valence-electron chi connectivity index (χ1n) is 5.51. The van der Waals surface area contributed by atoms with Gasteiger partial charge in [-0.05, 0) is 41.4 Å². The fraction of sp³-hybridized carbons (Fsp3) is 0.417. The van der Waals surface area contributed by atoms with E-state index in [1.807, 2.05) is 6.92 Å². The number of nitrogens with one attached hydrogen (secondary N) is 1. The van der Waals surface area contributed by atoms with Gasteiger partial charge < -0.3 is 11.1 Å². The Hall–Kier alpha value is -0.680. The SMILES string of the molecule is CCCC(C)Nc1ccc(C(N)=S)c(Br)c1F. The van der Waals surface area contributed by atoms with Crippen LogP contribution in [0, 0.1) is 5.82 Å². The number of hydrogen-bond donors (Lipinski definition) is 2. The monoisotopic (exact) mass is 318 g/mol. The van der Waals surface area contributed by atoms with Crippen molar-refractivity contribution >= 4 is 38.8 Å². The van der Waals surface area contributed by atoms with E-state index < -0.39 is 0 Å². The Labute approximate surface area is 115 Å². The summed E-state index contributed by atoms with van der Waals surface area (Å²) < 4.78 is 14.3. The largest absolute Gasteiger partial charge is 0.389 e. The van der Waals surface area contributed by atoms with Gasteiger partial charge in [0.1, 0.15) is 4.99 Å². The Kier molecular flexibility index (Phi) is 5.33. The van der Waals surface area contributed by atoms with E-state index in [0.29, 0.717) is 15.7 Å². The molecule has 17 heavy (non-hydrogen) atoms. The molecule has 0 fully saturated rings. The van der Waals surface area contributed by atoms with Crippen LogP contribution in [0.5, 0.6) is 0 Å². The van der Waals surface area contributed by atoms with Crippen LogP contribution in [-0.4, -0.2) is 11.0 Å². The molecule has 94 valence electrons. The van der Waals surface area contributed by atoms with Crippen LogP contribution < -0.4 is 11.1 Å². The second-order valence-corrected chi connectivity index (χ2v) is 5.22. The number of thiocarbonyl (C=S) groups is 1. The van der Waals surface area contributed by atoms with Crippen molar-refractivity contribution in [2.24, 2.45) is 5.73 Å². The summed E-state index contributed by atoms with van der Waals surface area (Å²) in [5, 5.41) is 3.13. The zero-order chi connectivity index (χ0) is 13.0. The molecular formula is C12H16BrFN2S. The van der Waals surface area contributed by atoms with Crippen molar-refractivity contribution < 1.29 is 4.39 Å². The number of rotatable bonds is 5. The van der Waals surface area contributed by atoms with Gasteiger partial charge in [-0.25, -0.2) is 4.39 Å². The maximum Gasteiger partial charge on any atom is 0.161 e. The minimum Gasteiger partial charge on any atom is -0.389 e. The first-order chi connectivity index (χ1) is 7.97. The van der Waals surface area contributed by atoms with Gasteiger partial charge in [0, 0.05) is 11.6 Å². The van der Waals surface area contributed by atoms with E-state index in [9.17, 15) is 4.39 Å². The van der Waals surface area contributed by atoms with E-state index in [2.05, 4.69) is 28.2 Å². The van der Waals surface area contributed by atoms with Crippen LogP contribution in [0.1, 0.15) is 32.3 Å². The molecule has 3 N–H and O–H groups in total. The summed E-state index contributed by atoms with van der Waals surface area (Å²) in [6, 6.07) is 3.62. The zero-order valence-electron chi connectivity index (χ0n) is 9.89. The Morgan fingerprint density at radius 1 is 1.59 bits per heavy atom. The molecule has 0 aliphatic heterocycles. The summed E-state index contributed by atoms with van der Waals surface area (Å²) in [4.78, 5) is 0.184. The smallest absolute Gasteiger partial charge is 0.161 e. The highest BCUT2D eigenvalue weighted by Gasteiger charge is 2.13. The van der Waals surface area contributed by atoms with E-state index in [0.717, 1.165) is 12.8 Å². The van der Waals surface area contributed by atoms with Gasteiger partial charge in [-0.15, -0.1) is 0 Å². The molecule has 1 aromatic rings. The lowest BCUT2D eigenvalue weighted by Crippen LogP contribution is -2.17. The summed E-state index contributed by atoms with van der Waals surface area (Å²) in [5.74, 6) is -0.349. The number of halogens is 2. The third-order valence-electron chi connectivity index (χ3n) is 2.47. The van der Waals surface area contributed by atoms with Gasteiger partial charge >= 0.3 is 0 Å². The van der Waals surface area contributed by atoms with Gasteiger partial charge in [0.05, 0.1) is 10.2 Å². The Morgan fingerprint density at radius 2 is 2.24 bits per heavy atom. The van der Waals surface area contributed by atoms with E-state index >= 15 is 0 Å². The number of nitrogens with two attached hydrogens (primary N) is 1. The van der Waals surface area contributed by atoms with Gasteiger partial charge in [0.15, 0.2) is 5.82 Å². The minimum absolute atomic E-state index is 0.184.